The van der Waals surface area contributed by atoms with Gasteiger partial charge < -0.3 is 10.6 Å². The van der Waals surface area contributed by atoms with Crippen molar-refractivity contribution in [1.29, 1.82) is 0 Å². The van der Waals surface area contributed by atoms with E-state index < -0.39 is 11.7 Å². The molecule has 0 radical (unpaired) electrons. The molecule has 1 aromatic carbocycles. The van der Waals surface area contributed by atoms with Crippen LogP contribution in [0.3, 0.4) is 0 Å². The number of hydrogen-bond donors (Lipinski definition) is 2. The number of hydrogen-bond acceptors (Lipinski definition) is 2. The number of carbonyl (C=O) groups excluding carboxylic acids is 1. The maximum absolute atomic E-state index is 12.4. The van der Waals surface area contributed by atoms with Crippen molar-refractivity contribution in [3.05, 3.63) is 28.8 Å². The number of halogens is 4. The summed E-state index contributed by atoms with van der Waals surface area (Å²) in [4.78, 5) is 11.5. The molecule has 0 saturated carbocycles. The topological polar surface area (TPSA) is 41.1 Å². The zero-order valence-corrected chi connectivity index (χ0v) is 11.9. The number of nitrogens with one attached hydrogen (secondary N) is 2. The second-order valence-electron chi connectivity index (χ2n) is 4.74. The normalized spacial score (nSPS) is 11.6. The van der Waals surface area contributed by atoms with E-state index in [-0.39, 0.29) is 17.5 Å². The summed E-state index contributed by atoms with van der Waals surface area (Å²) in [6.45, 7) is 4.42. The lowest BCUT2D eigenvalue weighted by atomic mass is 10.2. The Balaban J connectivity index is 2.59. The quantitative estimate of drug-likeness (QED) is 0.873. The Morgan fingerprint density at radius 1 is 1.35 bits per heavy atom. The van der Waals surface area contributed by atoms with Crippen LogP contribution in [-0.4, -0.2) is 19.0 Å². The Morgan fingerprint density at radius 3 is 2.50 bits per heavy atom. The van der Waals surface area contributed by atoms with E-state index in [0.29, 0.717) is 18.2 Å². The number of benzene rings is 1. The Morgan fingerprint density at radius 2 is 2.00 bits per heavy atom. The molecule has 2 N–H and O–H groups in total. The lowest BCUT2D eigenvalue weighted by Gasteiger charge is -2.12. The van der Waals surface area contributed by atoms with Gasteiger partial charge in [0.1, 0.15) is 0 Å². The van der Waals surface area contributed by atoms with Gasteiger partial charge in [-0.1, -0.05) is 25.4 Å². The molecule has 0 aliphatic heterocycles. The highest BCUT2D eigenvalue weighted by atomic mass is 35.5. The average molecular weight is 309 g/mol. The van der Waals surface area contributed by atoms with E-state index in [2.05, 4.69) is 10.6 Å². The summed E-state index contributed by atoms with van der Waals surface area (Å²) < 4.78 is 37.3. The van der Waals surface area contributed by atoms with Gasteiger partial charge in [-0.2, -0.15) is 13.2 Å². The minimum Gasteiger partial charge on any atom is -0.375 e. The molecule has 0 aliphatic carbocycles. The molecule has 20 heavy (non-hydrogen) atoms. The highest BCUT2D eigenvalue weighted by molar-refractivity contribution is 6.33. The van der Waals surface area contributed by atoms with Crippen molar-refractivity contribution in [2.24, 2.45) is 5.92 Å². The fourth-order valence-corrected chi connectivity index (χ4v) is 1.64. The largest absolute Gasteiger partial charge is 0.416 e. The van der Waals surface area contributed by atoms with Crippen molar-refractivity contribution in [3.63, 3.8) is 0 Å². The predicted molar refractivity (Wildman–Crippen MR) is 72.8 cm³/mol. The molecule has 0 heterocycles. The van der Waals surface area contributed by atoms with Gasteiger partial charge in [0.15, 0.2) is 0 Å². The van der Waals surface area contributed by atoms with Crippen LogP contribution < -0.4 is 10.6 Å². The highest BCUT2D eigenvalue weighted by Gasteiger charge is 2.30. The molecule has 0 spiro atoms. The molecular weight excluding hydrogens is 293 g/mol. The lowest BCUT2D eigenvalue weighted by Crippen LogP contribution is -2.32. The maximum Gasteiger partial charge on any atom is 0.416 e. The molecule has 1 aromatic rings. The molecule has 0 unspecified atom stereocenters. The number of anilines is 1. The van der Waals surface area contributed by atoms with Gasteiger partial charge in [0, 0.05) is 6.54 Å². The van der Waals surface area contributed by atoms with Gasteiger partial charge in [-0.25, -0.2) is 0 Å². The van der Waals surface area contributed by atoms with Gasteiger partial charge in [-0.15, -0.1) is 0 Å². The van der Waals surface area contributed by atoms with Crippen molar-refractivity contribution >= 4 is 23.2 Å². The number of rotatable bonds is 5. The third kappa shape index (κ3) is 5.28. The van der Waals surface area contributed by atoms with Crippen molar-refractivity contribution in [3.8, 4) is 0 Å². The van der Waals surface area contributed by atoms with Gasteiger partial charge >= 0.3 is 6.18 Å². The molecular formula is C13H16ClF3N2O. The molecule has 3 nitrogen and oxygen atoms in total. The summed E-state index contributed by atoms with van der Waals surface area (Å²) in [5.41, 5.74) is -0.531. The molecule has 0 bridgehead atoms. The van der Waals surface area contributed by atoms with Crippen LogP contribution in [0.15, 0.2) is 18.2 Å². The Bertz CT molecular complexity index is 475. The average Bonchev–Trinajstić information content (AvgIpc) is 2.33. The SMILES string of the molecule is CC(C)CNC(=O)CNc1ccc(C(F)(F)F)cc1Cl. The zero-order valence-electron chi connectivity index (χ0n) is 11.1. The zero-order chi connectivity index (χ0) is 15.3. The van der Waals surface area contributed by atoms with Crippen LogP contribution in [0.25, 0.3) is 0 Å². The molecule has 7 heteroatoms. The predicted octanol–water partition coefficient (Wildman–Crippen LogP) is 3.54. The number of carbonyl (C=O) groups is 1. The van der Waals surface area contributed by atoms with Gasteiger partial charge in [-0.3, -0.25) is 4.79 Å². The summed E-state index contributed by atoms with van der Waals surface area (Å²) in [7, 11) is 0. The van der Waals surface area contributed by atoms with Crippen LogP contribution in [0, 0.1) is 5.92 Å². The first-order valence-electron chi connectivity index (χ1n) is 6.07. The second-order valence-corrected chi connectivity index (χ2v) is 5.15. The lowest BCUT2D eigenvalue weighted by molar-refractivity contribution is -0.137. The summed E-state index contributed by atoms with van der Waals surface area (Å²) in [5, 5.41) is 5.31. The monoisotopic (exact) mass is 308 g/mol. The fraction of sp³-hybridized carbons (Fsp3) is 0.462. The first-order valence-corrected chi connectivity index (χ1v) is 6.45. The van der Waals surface area contributed by atoms with Crippen LogP contribution in [0.1, 0.15) is 19.4 Å². The van der Waals surface area contributed by atoms with Crippen molar-refractivity contribution < 1.29 is 18.0 Å². The van der Waals surface area contributed by atoms with Gasteiger partial charge in [0.25, 0.3) is 0 Å². The van der Waals surface area contributed by atoms with Crippen molar-refractivity contribution in [2.45, 2.75) is 20.0 Å². The second kappa shape index (κ2) is 6.83. The first kappa shape index (κ1) is 16.6. The molecule has 112 valence electrons. The number of amides is 1. The first-order chi connectivity index (χ1) is 9.20. The van der Waals surface area contributed by atoms with E-state index in [9.17, 15) is 18.0 Å². The minimum absolute atomic E-state index is 0.0438. The third-order valence-electron chi connectivity index (χ3n) is 2.44. The molecule has 1 amide bonds. The van der Waals surface area contributed by atoms with Crippen molar-refractivity contribution in [1.82, 2.24) is 5.32 Å². The molecule has 0 atom stereocenters. The molecule has 0 aromatic heterocycles. The summed E-state index contributed by atoms with van der Waals surface area (Å²) in [5.74, 6) is 0.0864. The Hall–Kier alpha value is -1.43. The molecule has 0 saturated heterocycles. The van der Waals surface area contributed by atoms with Gasteiger partial charge in [-0.05, 0) is 24.1 Å². The van der Waals surface area contributed by atoms with Gasteiger partial charge in [0.05, 0.1) is 22.8 Å². The molecule has 0 fully saturated rings. The Kier molecular flexibility index (Phi) is 5.68. The van der Waals surface area contributed by atoms with Gasteiger partial charge in [0.2, 0.25) is 5.91 Å². The van der Waals surface area contributed by atoms with E-state index in [1.54, 1.807) is 0 Å². The summed E-state index contributed by atoms with van der Waals surface area (Å²) in [6.07, 6.45) is -4.43. The fourth-order valence-electron chi connectivity index (χ4n) is 1.39. The third-order valence-corrected chi connectivity index (χ3v) is 2.76. The van der Waals surface area contributed by atoms with E-state index in [0.717, 1.165) is 12.1 Å². The van der Waals surface area contributed by atoms with Crippen LogP contribution in [-0.2, 0) is 11.0 Å². The molecule has 1 rings (SSSR count). The van der Waals surface area contributed by atoms with E-state index >= 15 is 0 Å². The van der Waals surface area contributed by atoms with Crippen LogP contribution >= 0.6 is 11.6 Å². The standard InChI is InChI=1S/C13H16ClF3N2O/c1-8(2)6-19-12(20)7-18-11-4-3-9(5-10(11)14)13(15,16)17/h3-5,8,18H,6-7H2,1-2H3,(H,19,20). The van der Waals surface area contributed by atoms with E-state index in [1.807, 2.05) is 13.8 Å². The van der Waals surface area contributed by atoms with Crippen molar-refractivity contribution in [2.75, 3.05) is 18.4 Å². The van der Waals surface area contributed by atoms with E-state index in [4.69, 9.17) is 11.6 Å². The van der Waals surface area contributed by atoms with E-state index in [1.165, 1.54) is 6.07 Å². The summed E-state index contributed by atoms with van der Waals surface area (Å²) in [6, 6.07) is 2.96. The minimum atomic E-state index is -4.43. The smallest absolute Gasteiger partial charge is 0.375 e. The Labute approximate surface area is 120 Å². The van der Waals surface area contributed by atoms with Crippen LogP contribution in [0.5, 0.6) is 0 Å². The highest BCUT2D eigenvalue weighted by Crippen LogP contribution is 2.33. The number of alkyl halides is 3. The summed E-state index contributed by atoms with van der Waals surface area (Å²) >= 11 is 5.75. The van der Waals surface area contributed by atoms with Crippen LogP contribution in [0.4, 0.5) is 18.9 Å². The van der Waals surface area contributed by atoms with Crippen LogP contribution in [0.2, 0.25) is 5.02 Å². The maximum atomic E-state index is 12.4. The molecule has 0 aliphatic rings.